The summed E-state index contributed by atoms with van der Waals surface area (Å²) in [6.07, 6.45) is 1.02. The molecule has 160 valence electrons. The van der Waals surface area contributed by atoms with Crippen molar-refractivity contribution in [3.63, 3.8) is 0 Å². The SMILES string of the molecule is Cc1ccc(S(=O)(=O)N2CCC[C@H]2C(=O)N2CCOC(c3ccc(Br)cc3)C2)cc1. The van der Waals surface area contributed by atoms with Gasteiger partial charge in [-0.05, 0) is 49.6 Å². The van der Waals surface area contributed by atoms with Gasteiger partial charge >= 0.3 is 0 Å². The summed E-state index contributed by atoms with van der Waals surface area (Å²) >= 11 is 3.43. The van der Waals surface area contributed by atoms with Crippen molar-refractivity contribution in [3.05, 3.63) is 64.1 Å². The van der Waals surface area contributed by atoms with Crippen LogP contribution in [0.2, 0.25) is 0 Å². The molecule has 0 saturated carbocycles. The van der Waals surface area contributed by atoms with Crippen LogP contribution in [0.1, 0.15) is 30.1 Å². The van der Waals surface area contributed by atoms with Gasteiger partial charge in [-0.15, -0.1) is 0 Å². The lowest BCUT2D eigenvalue weighted by Gasteiger charge is -2.36. The number of hydrogen-bond acceptors (Lipinski definition) is 4. The number of sulfonamides is 1. The summed E-state index contributed by atoms with van der Waals surface area (Å²) < 4.78 is 34.6. The lowest BCUT2D eigenvalue weighted by Crippen LogP contribution is -2.51. The molecule has 0 aliphatic carbocycles. The molecule has 1 amide bonds. The highest BCUT2D eigenvalue weighted by molar-refractivity contribution is 9.10. The minimum atomic E-state index is -3.71. The Labute approximate surface area is 186 Å². The number of carbonyl (C=O) groups is 1. The highest BCUT2D eigenvalue weighted by Gasteiger charge is 2.42. The number of morpholine rings is 1. The van der Waals surface area contributed by atoms with Gasteiger partial charge < -0.3 is 9.64 Å². The standard InChI is InChI=1S/C22H25BrN2O4S/c1-16-4-10-19(11-5-16)30(27,28)25-12-2-3-20(25)22(26)24-13-14-29-21(15-24)17-6-8-18(23)9-7-17/h4-11,20-21H,2-3,12-15H2,1H3/t20-,21?/m0/s1. The van der Waals surface area contributed by atoms with E-state index in [4.69, 9.17) is 4.74 Å². The van der Waals surface area contributed by atoms with Gasteiger partial charge in [0.15, 0.2) is 0 Å². The maximum absolute atomic E-state index is 13.3. The molecule has 2 heterocycles. The van der Waals surface area contributed by atoms with Crippen LogP contribution >= 0.6 is 15.9 Å². The van der Waals surface area contributed by atoms with E-state index in [1.807, 2.05) is 31.2 Å². The fraction of sp³-hybridized carbons (Fsp3) is 0.409. The van der Waals surface area contributed by atoms with Gasteiger partial charge in [-0.1, -0.05) is 45.8 Å². The first-order chi connectivity index (χ1) is 14.4. The van der Waals surface area contributed by atoms with Crippen molar-refractivity contribution in [2.45, 2.75) is 36.8 Å². The molecule has 2 aliphatic heterocycles. The van der Waals surface area contributed by atoms with Gasteiger partial charge in [0.2, 0.25) is 15.9 Å². The molecule has 0 spiro atoms. The molecule has 6 nitrogen and oxygen atoms in total. The molecule has 2 aliphatic rings. The quantitative estimate of drug-likeness (QED) is 0.654. The number of benzene rings is 2. The molecule has 1 unspecified atom stereocenters. The summed E-state index contributed by atoms with van der Waals surface area (Å²) in [4.78, 5) is 15.3. The Hall–Kier alpha value is -1.74. The Morgan fingerprint density at radius 3 is 2.47 bits per heavy atom. The second kappa shape index (κ2) is 8.78. The van der Waals surface area contributed by atoms with Crippen molar-refractivity contribution in [3.8, 4) is 0 Å². The van der Waals surface area contributed by atoms with Crippen LogP contribution in [-0.4, -0.2) is 55.8 Å². The maximum Gasteiger partial charge on any atom is 0.243 e. The smallest absolute Gasteiger partial charge is 0.243 e. The Balaban J connectivity index is 1.51. The summed E-state index contributed by atoms with van der Waals surface area (Å²) in [6, 6.07) is 14.0. The minimum absolute atomic E-state index is 0.131. The number of carbonyl (C=O) groups excluding carboxylic acids is 1. The summed E-state index contributed by atoms with van der Waals surface area (Å²) in [6.45, 7) is 3.62. The largest absolute Gasteiger partial charge is 0.370 e. The van der Waals surface area contributed by atoms with E-state index in [0.717, 1.165) is 15.6 Å². The molecule has 2 aromatic carbocycles. The van der Waals surface area contributed by atoms with Crippen molar-refractivity contribution in [2.75, 3.05) is 26.2 Å². The van der Waals surface area contributed by atoms with E-state index in [2.05, 4.69) is 15.9 Å². The zero-order chi connectivity index (χ0) is 21.3. The molecule has 4 rings (SSSR count). The van der Waals surface area contributed by atoms with Crippen molar-refractivity contribution in [2.24, 2.45) is 0 Å². The van der Waals surface area contributed by atoms with Crippen LogP contribution in [-0.2, 0) is 19.6 Å². The Morgan fingerprint density at radius 1 is 1.07 bits per heavy atom. The average Bonchev–Trinajstić information content (AvgIpc) is 3.25. The highest BCUT2D eigenvalue weighted by atomic mass is 79.9. The Morgan fingerprint density at radius 2 is 1.77 bits per heavy atom. The molecule has 2 fully saturated rings. The summed E-state index contributed by atoms with van der Waals surface area (Å²) in [7, 11) is -3.71. The van der Waals surface area contributed by atoms with E-state index >= 15 is 0 Å². The molecular weight excluding hydrogens is 468 g/mol. The summed E-state index contributed by atoms with van der Waals surface area (Å²) in [5.41, 5.74) is 2.00. The second-order valence-corrected chi connectivity index (χ2v) is 10.6. The lowest BCUT2D eigenvalue weighted by molar-refractivity contribution is -0.142. The molecule has 2 atom stereocenters. The number of ether oxygens (including phenoxy) is 1. The molecule has 0 aromatic heterocycles. The third kappa shape index (κ3) is 4.32. The Kier molecular flexibility index (Phi) is 6.29. The predicted molar refractivity (Wildman–Crippen MR) is 118 cm³/mol. The first-order valence-corrected chi connectivity index (χ1v) is 12.3. The van der Waals surface area contributed by atoms with Crippen molar-refractivity contribution < 1.29 is 17.9 Å². The Bertz CT molecular complexity index is 1010. The molecule has 2 aromatic rings. The molecular formula is C22H25BrN2O4S. The van der Waals surface area contributed by atoms with Crippen LogP contribution in [0.3, 0.4) is 0 Å². The number of hydrogen-bond donors (Lipinski definition) is 0. The fourth-order valence-corrected chi connectivity index (χ4v) is 5.97. The van der Waals surface area contributed by atoms with E-state index in [1.54, 1.807) is 29.2 Å². The topological polar surface area (TPSA) is 66.9 Å². The maximum atomic E-state index is 13.3. The predicted octanol–water partition coefficient (Wildman–Crippen LogP) is 3.51. The van der Waals surface area contributed by atoms with Crippen molar-refractivity contribution in [1.29, 1.82) is 0 Å². The summed E-state index contributed by atoms with van der Waals surface area (Å²) in [5.74, 6) is -0.131. The van der Waals surface area contributed by atoms with Crippen molar-refractivity contribution in [1.82, 2.24) is 9.21 Å². The van der Waals surface area contributed by atoms with Crippen molar-refractivity contribution >= 4 is 31.9 Å². The summed E-state index contributed by atoms with van der Waals surface area (Å²) in [5, 5.41) is 0. The van der Waals surface area contributed by atoms with Gasteiger partial charge in [0, 0.05) is 17.6 Å². The number of nitrogens with zero attached hydrogens (tertiary/aromatic N) is 2. The first-order valence-electron chi connectivity index (χ1n) is 10.1. The minimum Gasteiger partial charge on any atom is -0.370 e. The van der Waals surface area contributed by atoms with E-state index in [9.17, 15) is 13.2 Å². The zero-order valence-electron chi connectivity index (χ0n) is 16.8. The zero-order valence-corrected chi connectivity index (χ0v) is 19.2. The van der Waals surface area contributed by atoms with Gasteiger partial charge in [0.1, 0.15) is 12.1 Å². The van der Waals surface area contributed by atoms with Crippen LogP contribution in [0.4, 0.5) is 0 Å². The first kappa shape index (κ1) is 21.5. The third-order valence-electron chi connectivity index (χ3n) is 5.74. The van der Waals surface area contributed by atoms with E-state index < -0.39 is 16.1 Å². The average molecular weight is 493 g/mol. The monoisotopic (exact) mass is 492 g/mol. The van der Waals surface area contributed by atoms with Crippen LogP contribution in [0.15, 0.2) is 57.9 Å². The molecule has 8 heteroatoms. The molecule has 0 radical (unpaired) electrons. The number of aryl methyl sites for hydroxylation is 1. The lowest BCUT2D eigenvalue weighted by atomic mass is 10.1. The van der Waals surface area contributed by atoms with Gasteiger partial charge in [-0.2, -0.15) is 4.31 Å². The van der Waals surface area contributed by atoms with Gasteiger partial charge in [-0.25, -0.2) is 8.42 Å². The van der Waals surface area contributed by atoms with Crippen LogP contribution in [0, 0.1) is 6.92 Å². The fourth-order valence-electron chi connectivity index (χ4n) is 4.06. The van der Waals surface area contributed by atoms with Crippen LogP contribution in [0.25, 0.3) is 0 Å². The number of rotatable bonds is 4. The van der Waals surface area contributed by atoms with Gasteiger partial charge in [0.05, 0.1) is 18.0 Å². The number of halogens is 1. The van der Waals surface area contributed by atoms with E-state index in [-0.39, 0.29) is 16.9 Å². The number of amides is 1. The van der Waals surface area contributed by atoms with E-state index in [0.29, 0.717) is 39.1 Å². The molecule has 0 N–H and O–H groups in total. The normalized spacial score (nSPS) is 22.9. The van der Waals surface area contributed by atoms with Gasteiger partial charge in [-0.3, -0.25) is 4.79 Å². The second-order valence-electron chi connectivity index (χ2n) is 7.78. The third-order valence-corrected chi connectivity index (χ3v) is 8.19. The molecule has 2 saturated heterocycles. The van der Waals surface area contributed by atoms with Crippen LogP contribution in [0.5, 0.6) is 0 Å². The van der Waals surface area contributed by atoms with Gasteiger partial charge in [0.25, 0.3) is 0 Å². The molecule has 0 bridgehead atoms. The molecule has 30 heavy (non-hydrogen) atoms. The van der Waals surface area contributed by atoms with Crippen LogP contribution < -0.4 is 0 Å². The van der Waals surface area contributed by atoms with E-state index in [1.165, 1.54) is 4.31 Å². The highest BCUT2D eigenvalue weighted by Crippen LogP contribution is 2.30.